The van der Waals surface area contributed by atoms with E-state index >= 15 is 0 Å². The number of ether oxygens (including phenoxy) is 1. The van der Waals surface area contributed by atoms with E-state index in [4.69, 9.17) is 9.84 Å². The van der Waals surface area contributed by atoms with Gasteiger partial charge in [0.1, 0.15) is 4.90 Å². The third-order valence-corrected chi connectivity index (χ3v) is 6.25. The quantitative estimate of drug-likeness (QED) is 0.748. The Labute approximate surface area is 151 Å². The SMILES string of the molecule is O=C(O)c1cncc(S(=O)(=O)N2CCN(C(=O)N3CCOCC3)CC2)c1. The monoisotopic (exact) mass is 384 g/mol. The van der Waals surface area contributed by atoms with Crippen molar-refractivity contribution in [2.24, 2.45) is 0 Å². The maximum atomic E-state index is 12.7. The lowest BCUT2D eigenvalue weighted by Gasteiger charge is -2.38. The van der Waals surface area contributed by atoms with Gasteiger partial charge in [-0.3, -0.25) is 4.98 Å². The minimum Gasteiger partial charge on any atom is -0.478 e. The van der Waals surface area contributed by atoms with Crippen LogP contribution in [0.4, 0.5) is 4.79 Å². The normalized spacial score (nSPS) is 19.4. The van der Waals surface area contributed by atoms with Gasteiger partial charge >= 0.3 is 12.0 Å². The molecule has 0 unspecified atom stereocenters. The molecule has 10 nitrogen and oxygen atoms in total. The zero-order chi connectivity index (χ0) is 18.7. The molecule has 142 valence electrons. The number of rotatable bonds is 3. The fraction of sp³-hybridized carbons (Fsp3) is 0.533. The predicted molar refractivity (Wildman–Crippen MR) is 89.3 cm³/mol. The van der Waals surface area contributed by atoms with Crippen molar-refractivity contribution in [1.29, 1.82) is 0 Å². The summed E-state index contributed by atoms with van der Waals surface area (Å²) in [5.41, 5.74) is -0.188. The van der Waals surface area contributed by atoms with Gasteiger partial charge in [-0.1, -0.05) is 0 Å². The van der Waals surface area contributed by atoms with E-state index in [-0.39, 0.29) is 42.7 Å². The second-order valence-electron chi connectivity index (χ2n) is 5.99. The van der Waals surface area contributed by atoms with Crippen molar-refractivity contribution in [2.45, 2.75) is 4.90 Å². The largest absolute Gasteiger partial charge is 0.478 e. The number of hydrogen-bond donors (Lipinski definition) is 1. The van der Waals surface area contributed by atoms with Crippen LogP contribution in [0.15, 0.2) is 23.4 Å². The van der Waals surface area contributed by atoms with Crippen molar-refractivity contribution in [1.82, 2.24) is 19.1 Å². The van der Waals surface area contributed by atoms with Gasteiger partial charge in [-0.15, -0.1) is 0 Å². The summed E-state index contributed by atoms with van der Waals surface area (Å²) >= 11 is 0. The van der Waals surface area contributed by atoms with E-state index in [2.05, 4.69) is 4.98 Å². The predicted octanol–water partition coefficient (Wildman–Crippen LogP) is -0.462. The van der Waals surface area contributed by atoms with Crippen molar-refractivity contribution in [2.75, 3.05) is 52.5 Å². The number of morpholine rings is 1. The van der Waals surface area contributed by atoms with Crippen LogP contribution in [0.1, 0.15) is 10.4 Å². The number of piperazine rings is 1. The number of amides is 2. The summed E-state index contributed by atoms with van der Waals surface area (Å²) in [5, 5.41) is 9.00. The Hall–Kier alpha value is -2.24. The molecule has 0 atom stereocenters. The Balaban J connectivity index is 1.66. The Bertz CT molecular complexity index is 785. The van der Waals surface area contributed by atoms with Crippen LogP contribution in [0.5, 0.6) is 0 Å². The van der Waals surface area contributed by atoms with Crippen LogP contribution >= 0.6 is 0 Å². The molecule has 11 heteroatoms. The summed E-state index contributed by atoms with van der Waals surface area (Å²) in [6, 6.07) is 0.982. The Kier molecular flexibility index (Phi) is 5.39. The molecule has 26 heavy (non-hydrogen) atoms. The molecule has 1 N–H and O–H groups in total. The zero-order valence-corrected chi connectivity index (χ0v) is 14.9. The average Bonchev–Trinajstić information content (AvgIpc) is 2.68. The van der Waals surface area contributed by atoms with E-state index < -0.39 is 16.0 Å². The van der Waals surface area contributed by atoms with Crippen LogP contribution in [-0.2, 0) is 14.8 Å². The molecule has 0 spiro atoms. The molecule has 0 saturated carbocycles. The highest BCUT2D eigenvalue weighted by molar-refractivity contribution is 7.89. The molecule has 2 fully saturated rings. The number of nitrogens with zero attached hydrogens (tertiary/aromatic N) is 4. The fourth-order valence-corrected chi connectivity index (χ4v) is 4.31. The number of carbonyl (C=O) groups is 2. The van der Waals surface area contributed by atoms with E-state index in [1.807, 2.05) is 0 Å². The average molecular weight is 384 g/mol. The number of aromatic nitrogens is 1. The first kappa shape index (κ1) is 18.5. The molecular formula is C15H20N4O6S. The maximum absolute atomic E-state index is 12.7. The first-order valence-corrected chi connectivity index (χ1v) is 9.63. The molecule has 0 radical (unpaired) electrons. The number of pyridine rings is 1. The summed E-state index contributed by atoms with van der Waals surface area (Å²) in [6.07, 6.45) is 2.23. The lowest BCUT2D eigenvalue weighted by Crippen LogP contribution is -2.55. The van der Waals surface area contributed by atoms with E-state index in [1.54, 1.807) is 9.80 Å². The topological polar surface area (TPSA) is 120 Å². The van der Waals surface area contributed by atoms with Crippen LogP contribution < -0.4 is 0 Å². The number of sulfonamides is 1. The van der Waals surface area contributed by atoms with Gasteiger partial charge in [0.15, 0.2) is 0 Å². The highest BCUT2D eigenvalue weighted by atomic mass is 32.2. The Morgan fingerprint density at radius 1 is 1.00 bits per heavy atom. The molecule has 1 aromatic rings. The number of urea groups is 1. The minimum atomic E-state index is -3.86. The van der Waals surface area contributed by atoms with Crippen LogP contribution in [0, 0.1) is 0 Å². The second-order valence-corrected chi connectivity index (χ2v) is 7.93. The van der Waals surface area contributed by atoms with Gasteiger partial charge in [-0.2, -0.15) is 4.31 Å². The van der Waals surface area contributed by atoms with Crippen LogP contribution in [0.2, 0.25) is 0 Å². The molecule has 2 aliphatic heterocycles. The molecule has 2 amide bonds. The van der Waals surface area contributed by atoms with Crippen molar-refractivity contribution < 1.29 is 27.9 Å². The van der Waals surface area contributed by atoms with Gasteiger partial charge in [0.25, 0.3) is 0 Å². The van der Waals surface area contributed by atoms with Gasteiger partial charge in [-0.25, -0.2) is 18.0 Å². The number of carboxylic acid groups (broad SMARTS) is 1. The molecule has 3 rings (SSSR count). The van der Waals surface area contributed by atoms with Crippen molar-refractivity contribution in [3.63, 3.8) is 0 Å². The number of carbonyl (C=O) groups excluding carboxylic acids is 1. The first-order chi connectivity index (χ1) is 12.4. The van der Waals surface area contributed by atoms with E-state index in [1.165, 1.54) is 4.31 Å². The summed E-state index contributed by atoms with van der Waals surface area (Å²) in [7, 11) is -3.86. The third-order valence-electron chi connectivity index (χ3n) is 4.39. The highest BCUT2D eigenvalue weighted by Gasteiger charge is 2.32. The number of aromatic carboxylic acids is 1. The molecule has 2 aliphatic rings. The molecular weight excluding hydrogens is 364 g/mol. The van der Waals surface area contributed by atoms with Gasteiger partial charge in [-0.05, 0) is 6.07 Å². The van der Waals surface area contributed by atoms with Gasteiger partial charge in [0.2, 0.25) is 10.0 Å². The Morgan fingerprint density at radius 2 is 1.62 bits per heavy atom. The van der Waals surface area contributed by atoms with Crippen LogP contribution in [0.3, 0.4) is 0 Å². The molecule has 0 bridgehead atoms. The molecule has 0 aliphatic carbocycles. The summed E-state index contributed by atoms with van der Waals surface area (Å²) in [4.78, 5) is 30.3. The van der Waals surface area contributed by atoms with Gasteiger partial charge < -0.3 is 19.6 Å². The van der Waals surface area contributed by atoms with Crippen molar-refractivity contribution in [3.05, 3.63) is 24.0 Å². The molecule has 3 heterocycles. The van der Waals surface area contributed by atoms with Gasteiger partial charge in [0.05, 0.1) is 18.8 Å². The van der Waals surface area contributed by atoms with Crippen LogP contribution in [-0.4, -0.2) is 97.1 Å². The van der Waals surface area contributed by atoms with Crippen LogP contribution in [0.25, 0.3) is 0 Å². The third kappa shape index (κ3) is 3.79. The molecule has 1 aromatic heterocycles. The lowest BCUT2D eigenvalue weighted by molar-refractivity contribution is 0.0405. The maximum Gasteiger partial charge on any atom is 0.337 e. The standard InChI is InChI=1S/C15H20N4O6S/c20-14(21)12-9-13(11-16-10-12)26(23,24)19-3-1-17(2-4-19)15(22)18-5-7-25-8-6-18/h9-11H,1-8H2,(H,20,21). The summed E-state index contributed by atoms with van der Waals surface area (Å²) in [6.45, 7) is 2.93. The summed E-state index contributed by atoms with van der Waals surface area (Å²) in [5.74, 6) is -1.24. The summed E-state index contributed by atoms with van der Waals surface area (Å²) < 4.78 is 31.9. The highest BCUT2D eigenvalue weighted by Crippen LogP contribution is 2.18. The number of carboxylic acids is 1. The zero-order valence-electron chi connectivity index (χ0n) is 14.1. The van der Waals surface area contributed by atoms with Gasteiger partial charge in [0, 0.05) is 51.7 Å². The van der Waals surface area contributed by atoms with E-state index in [0.29, 0.717) is 26.3 Å². The van der Waals surface area contributed by atoms with E-state index in [0.717, 1.165) is 18.5 Å². The van der Waals surface area contributed by atoms with E-state index in [9.17, 15) is 18.0 Å². The lowest BCUT2D eigenvalue weighted by atomic mass is 10.3. The molecule has 2 saturated heterocycles. The fourth-order valence-electron chi connectivity index (χ4n) is 2.90. The van der Waals surface area contributed by atoms with Crippen molar-refractivity contribution in [3.8, 4) is 0 Å². The minimum absolute atomic E-state index is 0.111. The Morgan fingerprint density at radius 3 is 2.23 bits per heavy atom. The van der Waals surface area contributed by atoms with Crippen molar-refractivity contribution >= 4 is 22.0 Å². The second kappa shape index (κ2) is 7.56. The molecule has 0 aromatic carbocycles. The first-order valence-electron chi connectivity index (χ1n) is 8.19. The number of hydrogen-bond acceptors (Lipinski definition) is 6. The smallest absolute Gasteiger partial charge is 0.337 e.